The number of thiophene rings is 1. The Labute approximate surface area is 150 Å². The lowest BCUT2D eigenvalue weighted by Crippen LogP contribution is -2.34. The molecule has 124 valence electrons. The predicted octanol–water partition coefficient (Wildman–Crippen LogP) is 4.45. The number of hydrogen-bond acceptors (Lipinski definition) is 4. The fourth-order valence-corrected chi connectivity index (χ4v) is 4.36. The second-order valence-electron chi connectivity index (χ2n) is 5.93. The van der Waals surface area contributed by atoms with Gasteiger partial charge in [0.05, 0.1) is 10.9 Å². The van der Waals surface area contributed by atoms with E-state index in [-0.39, 0.29) is 0 Å². The molecule has 0 aliphatic carbocycles. The molecule has 1 aromatic heterocycles. The molecule has 3 rings (SSSR count). The Morgan fingerprint density at radius 1 is 1.30 bits per heavy atom. The second kappa shape index (κ2) is 8.29. The molecule has 5 heteroatoms. The molecule has 0 amide bonds. The van der Waals surface area contributed by atoms with Crippen molar-refractivity contribution in [3.63, 3.8) is 0 Å². The number of rotatable bonds is 7. The van der Waals surface area contributed by atoms with Crippen molar-refractivity contribution in [2.75, 3.05) is 26.7 Å². The Balaban J connectivity index is 1.67. The zero-order valence-corrected chi connectivity index (χ0v) is 15.8. The van der Waals surface area contributed by atoms with Crippen molar-refractivity contribution >= 4 is 27.3 Å². The van der Waals surface area contributed by atoms with E-state index in [1.165, 1.54) is 40.8 Å². The molecule has 1 aromatic carbocycles. The van der Waals surface area contributed by atoms with Crippen LogP contribution in [0.4, 0.5) is 0 Å². The van der Waals surface area contributed by atoms with Crippen LogP contribution in [0.5, 0.6) is 5.75 Å². The Kier molecular flexibility index (Phi) is 6.11. The zero-order valence-electron chi connectivity index (χ0n) is 13.4. The minimum Gasteiger partial charge on any atom is -0.497 e. The van der Waals surface area contributed by atoms with Crippen LogP contribution in [-0.2, 0) is 6.54 Å². The van der Waals surface area contributed by atoms with E-state index in [1.54, 1.807) is 18.4 Å². The molecule has 1 saturated heterocycles. The van der Waals surface area contributed by atoms with E-state index in [4.69, 9.17) is 4.74 Å². The lowest BCUT2D eigenvalue weighted by atomic mass is 10.0. The van der Waals surface area contributed by atoms with Gasteiger partial charge in [0.15, 0.2) is 0 Å². The Morgan fingerprint density at radius 3 is 2.83 bits per heavy atom. The van der Waals surface area contributed by atoms with Crippen LogP contribution in [0.25, 0.3) is 0 Å². The first-order chi connectivity index (χ1) is 11.3. The largest absolute Gasteiger partial charge is 0.497 e. The van der Waals surface area contributed by atoms with Crippen molar-refractivity contribution in [1.82, 2.24) is 10.2 Å². The highest BCUT2D eigenvalue weighted by atomic mass is 79.9. The van der Waals surface area contributed by atoms with Crippen LogP contribution in [0, 0.1) is 0 Å². The lowest BCUT2D eigenvalue weighted by Gasteiger charge is -2.28. The van der Waals surface area contributed by atoms with Crippen LogP contribution >= 0.6 is 27.3 Å². The van der Waals surface area contributed by atoms with Crippen LogP contribution < -0.4 is 10.1 Å². The normalized spacial score (nSPS) is 16.6. The monoisotopic (exact) mass is 394 g/mol. The highest BCUT2D eigenvalue weighted by Crippen LogP contribution is 2.27. The quantitative estimate of drug-likeness (QED) is 0.750. The van der Waals surface area contributed by atoms with Gasteiger partial charge >= 0.3 is 0 Å². The van der Waals surface area contributed by atoms with Gasteiger partial charge in [-0.1, -0.05) is 12.1 Å². The predicted molar refractivity (Wildman–Crippen MR) is 100 cm³/mol. The SMILES string of the molecule is COc1cccc(C(CNCc2csc(Br)c2)N2CCCC2)c1. The molecule has 0 saturated carbocycles. The first-order valence-corrected chi connectivity index (χ1v) is 9.75. The van der Waals surface area contributed by atoms with Crippen LogP contribution in [0.15, 0.2) is 39.5 Å². The van der Waals surface area contributed by atoms with Gasteiger partial charge in [0, 0.05) is 19.1 Å². The van der Waals surface area contributed by atoms with Gasteiger partial charge in [0.2, 0.25) is 0 Å². The van der Waals surface area contributed by atoms with Gasteiger partial charge in [-0.2, -0.15) is 0 Å². The third-order valence-electron chi connectivity index (χ3n) is 4.35. The highest BCUT2D eigenvalue weighted by Gasteiger charge is 2.23. The number of benzene rings is 1. The fraction of sp³-hybridized carbons (Fsp3) is 0.444. The third-order valence-corrected chi connectivity index (χ3v) is 5.90. The summed E-state index contributed by atoms with van der Waals surface area (Å²) in [5.74, 6) is 0.938. The van der Waals surface area contributed by atoms with Crippen molar-refractivity contribution in [2.45, 2.75) is 25.4 Å². The van der Waals surface area contributed by atoms with Crippen molar-refractivity contribution in [3.8, 4) is 5.75 Å². The van der Waals surface area contributed by atoms with Gasteiger partial charge in [-0.15, -0.1) is 11.3 Å². The maximum Gasteiger partial charge on any atom is 0.119 e. The summed E-state index contributed by atoms with van der Waals surface area (Å²) in [4.78, 5) is 2.59. The van der Waals surface area contributed by atoms with Gasteiger partial charge in [0.1, 0.15) is 5.75 Å². The summed E-state index contributed by atoms with van der Waals surface area (Å²) in [6.07, 6.45) is 2.61. The van der Waals surface area contributed by atoms with E-state index >= 15 is 0 Å². The summed E-state index contributed by atoms with van der Waals surface area (Å²) in [7, 11) is 1.73. The number of ether oxygens (including phenoxy) is 1. The van der Waals surface area contributed by atoms with Gasteiger partial charge in [-0.05, 0) is 76.6 Å². The number of halogens is 1. The maximum absolute atomic E-state index is 5.40. The fourth-order valence-electron chi connectivity index (χ4n) is 3.15. The van der Waals surface area contributed by atoms with Gasteiger partial charge in [-0.25, -0.2) is 0 Å². The van der Waals surface area contributed by atoms with E-state index in [0.717, 1.165) is 18.8 Å². The van der Waals surface area contributed by atoms with Gasteiger partial charge < -0.3 is 10.1 Å². The molecule has 2 aromatic rings. The summed E-state index contributed by atoms with van der Waals surface area (Å²) in [6, 6.07) is 11.1. The number of nitrogens with one attached hydrogen (secondary N) is 1. The summed E-state index contributed by atoms with van der Waals surface area (Å²) in [6.45, 7) is 4.25. The van der Waals surface area contributed by atoms with Gasteiger partial charge in [0.25, 0.3) is 0 Å². The molecule has 2 heterocycles. The highest BCUT2D eigenvalue weighted by molar-refractivity contribution is 9.11. The summed E-state index contributed by atoms with van der Waals surface area (Å²) in [5.41, 5.74) is 2.68. The molecule has 1 aliphatic heterocycles. The Hall–Kier alpha value is -0.880. The number of likely N-dealkylation sites (tertiary alicyclic amines) is 1. The first-order valence-electron chi connectivity index (χ1n) is 8.08. The summed E-state index contributed by atoms with van der Waals surface area (Å²) < 4.78 is 6.59. The summed E-state index contributed by atoms with van der Waals surface area (Å²) >= 11 is 5.27. The van der Waals surface area contributed by atoms with Gasteiger partial charge in [-0.3, -0.25) is 4.90 Å². The molecule has 1 N–H and O–H groups in total. The Bertz CT molecular complexity index is 625. The molecule has 1 fully saturated rings. The first kappa shape index (κ1) is 17.0. The van der Waals surface area contributed by atoms with Crippen LogP contribution in [0.3, 0.4) is 0 Å². The van der Waals surface area contributed by atoms with Crippen molar-refractivity contribution < 1.29 is 4.74 Å². The van der Waals surface area contributed by atoms with E-state index in [0.29, 0.717) is 6.04 Å². The van der Waals surface area contributed by atoms with Crippen LogP contribution in [0.1, 0.15) is 30.0 Å². The van der Waals surface area contributed by atoms with Crippen LogP contribution in [0.2, 0.25) is 0 Å². The topological polar surface area (TPSA) is 24.5 Å². The molecule has 3 nitrogen and oxygen atoms in total. The molecular formula is C18H23BrN2OS. The zero-order chi connectivity index (χ0) is 16.1. The third kappa shape index (κ3) is 4.57. The molecule has 1 atom stereocenters. The smallest absolute Gasteiger partial charge is 0.119 e. The second-order valence-corrected chi connectivity index (χ2v) is 8.22. The van der Waals surface area contributed by atoms with E-state index < -0.39 is 0 Å². The minimum atomic E-state index is 0.412. The van der Waals surface area contributed by atoms with Crippen molar-refractivity contribution in [3.05, 3.63) is 50.6 Å². The van der Waals surface area contributed by atoms with Crippen molar-refractivity contribution in [1.29, 1.82) is 0 Å². The summed E-state index contributed by atoms with van der Waals surface area (Å²) in [5, 5.41) is 5.83. The van der Waals surface area contributed by atoms with E-state index in [9.17, 15) is 0 Å². The average Bonchev–Trinajstić information content (AvgIpc) is 3.23. The molecule has 1 unspecified atom stereocenters. The number of methoxy groups -OCH3 is 1. The lowest BCUT2D eigenvalue weighted by molar-refractivity contribution is 0.238. The molecule has 1 aliphatic rings. The molecule has 0 spiro atoms. The number of nitrogens with zero attached hydrogens (tertiary/aromatic N) is 1. The standard InChI is InChI=1S/C18H23BrN2OS/c1-22-16-6-4-5-15(10-16)17(21-7-2-3-8-21)12-20-11-14-9-18(19)23-13-14/h4-6,9-10,13,17,20H,2-3,7-8,11-12H2,1H3. The average molecular weight is 395 g/mol. The minimum absolute atomic E-state index is 0.412. The Morgan fingerprint density at radius 2 is 2.13 bits per heavy atom. The maximum atomic E-state index is 5.40. The molecule has 23 heavy (non-hydrogen) atoms. The van der Waals surface area contributed by atoms with E-state index in [2.05, 4.69) is 55.8 Å². The van der Waals surface area contributed by atoms with Crippen LogP contribution in [-0.4, -0.2) is 31.6 Å². The van der Waals surface area contributed by atoms with E-state index in [1.807, 2.05) is 6.07 Å². The molecule has 0 radical (unpaired) electrons. The molecule has 0 bridgehead atoms. The molecular weight excluding hydrogens is 372 g/mol. The van der Waals surface area contributed by atoms with Crippen molar-refractivity contribution in [2.24, 2.45) is 0 Å². The number of hydrogen-bond donors (Lipinski definition) is 1.